The van der Waals surface area contributed by atoms with Crippen molar-refractivity contribution in [2.45, 2.75) is 39.5 Å². The van der Waals surface area contributed by atoms with Crippen LogP contribution >= 0.6 is 0 Å². The van der Waals surface area contributed by atoms with Crippen molar-refractivity contribution in [2.24, 2.45) is 0 Å². The number of rotatable bonds is 5. The Morgan fingerprint density at radius 2 is 1.90 bits per heavy atom. The van der Waals surface area contributed by atoms with E-state index in [2.05, 4.69) is 31.9 Å². The second-order valence-corrected chi connectivity index (χ2v) is 8.88. The zero-order valence-corrected chi connectivity index (χ0v) is 18.6. The van der Waals surface area contributed by atoms with Crippen LogP contribution in [0.5, 0.6) is 0 Å². The maximum absolute atomic E-state index is 12.8. The third kappa shape index (κ3) is 4.66. The van der Waals surface area contributed by atoms with Crippen LogP contribution in [0.1, 0.15) is 50.4 Å². The lowest BCUT2D eigenvalue weighted by Gasteiger charge is -2.34. The molecule has 1 aliphatic rings. The third-order valence-corrected chi connectivity index (χ3v) is 5.36. The van der Waals surface area contributed by atoms with Crippen LogP contribution in [0.15, 0.2) is 35.4 Å². The summed E-state index contributed by atoms with van der Waals surface area (Å²) in [5, 5.41) is 4.05. The maximum atomic E-state index is 12.8. The summed E-state index contributed by atoms with van der Waals surface area (Å²) in [6, 6.07) is 3.71. The van der Waals surface area contributed by atoms with E-state index in [-0.39, 0.29) is 11.3 Å². The Kier molecular flexibility index (Phi) is 5.86. The summed E-state index contributed by atoms with van der Waals surface area (Å²) in [6.07, 6.45) is 6.16. The fraction of sp³-hybridized carbons (Fsp3) is 0.500. The molecule has 9 nitrogen and oxygen atoms in total. The first-order valence-corrected chi connectivity index (χ1v) is 10.7. The Hall–Kier alpha value is -3.07. The van der Waals surface area contributed by atoms with E-state index in [1.54, 1.807) is 23.3 Å². The molecule has 0 saturated carbocycles. The molecule has 0 aliphatic carbocycles. The molecule has 1 saturated heterocycles. The lowest BCUT2D eigenvalue weighted by Crippen LogP contribution is -2.48. The molecule has 4 rings (SSSR count). The van der Waals surface area contributed by atoms with Gasteiger partial charge in [-0.1, -0.05) is 32.9 Å². The van der Waals surface area contributed by atoms with Crippen molar-refractivity contribution in [1.82, 2.24) is 34.5 Å². The van der Waals surface area contributed by atoms with Gasteiger partial charge in [0.15, 0.2) is 5.82 Å². The van der Waals surface area contributed by atoms with Crippen molar-refractivity contribution in [3.63, 3.8) is 0 Å². The number of nitrogens with zero attached hydrogens (tertiary/aromatic N) is 7. The average Bonchev–Trinajstić information content (AvgIpc) is 3.44. The summed E-state index contributed by atoms with van der Waals surface area (Å²) < 4.78 is 7.12. The Balaban J connectivity index is 1.43. The third-order valence-electron chi connectivity index (χ3n) is 5.36. The van der Waals surface area contributed by atoms with Gasteiger partial charge in [-0.15, -0.1) is 0 Å². The molecule has 0 aromatic carbocycles. The van der Waals surface area contributed by atoms with E-state index in [1.807, 2.05) is 37.8 Å². The predicted octanol–water partition coefficient (Wildman–Crippen LogP) is 2.78. The molecule has 164 valence electrons. The first kappa shape index (κ1) is 21.2. The summed E-state index contributed by atoms with van der Waals surface area (Å²) in [5.41, 5.74) is 0.993. The van der Waals surface area contributed by atoms with Crippen molar-refractivity contribution < 1.29 is 9.32 Å². The first-order chi connectivity index (χ1) is 14.8. The average molecular weight is 424 g/mol. The van der Waals surface area contributed by atoms with Crippen LogP contribution in [0.2, 0.25) is 0 Å². The molecule has 31 heavy (non-hydrogen) atoms. The van der Waals surface area contributed by atoms with Crippen LogP contribution in [-0.4, -0.2) is 73.1 Å². The summed E-state index contributed by atoms with van der Waals surface area (Å²) in [6.45, 7) is 12.7. The molecule has 3 aromatic heterocycles. The van der Waals surface area contributed by atoms with Gasteiger partial charge in [-0.05, 0) is 25.1 Å². The van der Waals surface area contributed by atoms with Gasteiger partial charge in [0.05, 0.1) is 5.56 Å². The number of aromatic nitrogens is 5. The predicted molar refractivity (Wildman–Crippen MR) is 116 cm³/mol. The topological polar surface area (TPSA) is 93.2 Å². The molecule has 4 heterocycles. The lowest BCUT2D eigenvalue weighted by atomic mass is 9.96. The minimum atomic E-state index is -0.183. The van der Waals surface area contributed by atoms with Gasteiger partial charge in [-0.25, -0.2) is 9.97 Å². The summed E-state index contributed by atoms with van der Waals surface area (Å²) in [5.74, 6) is 1.72. The summed E-state index contributed by atoms with van der Waals surface area (Å²) >= 11 is 0. The van der Waals surface area contributed by atoms with Crippen molar-refractivity contribution in [1.29, 1.82) is 0 Å². The standard InChI is InChI=1S/C22H29N7O2/c1-5-8-27-9-11-28(12-10-27)20(30)17-14-29(15-24-17)18-7-6-16(13-23-18)19-25-21(26-31-19)22(2,3)4/h6-7,13-15H,5,8-12H2,1-4H3. The van der Waals surface area contributed by atoms with Gasteiger partial charge in [-0.2, -0.15) is 4.98 Å². The van der Waals surface area contributed by atoms with Gasteiger partial charge in [0.1, 0.15) is 17.8 Å². The Morgan fingerprint density at radius 1 is 1.13 bits per heavy atom. The minimum Gasteiger partial charge on any atom is -0.335 e. The largest absolute Gasteiger partial charge is 0.335 e. The van der Waals surface area contributed by atoms with E-state index < -0.39 is 0 Å². The molecule has 0 atom stereocenters. The molecule has 0 radical (unpaired) electrons. The zero-order chi connectivity index (χ0) is 22.0. The van der Waals surface area contributed by atoms with Crippen molar-refractivity contribution >= 4 is 5.91 Å². The Bertz CT molecular complexity index is 1020. The number of amides is 1. The van der Waals surface area contributed by atoms with E-state index in [1.165, 1.54) is 0 Å². The number of pyridine rings is 1. The second-order valence-electron chi connectivity index (χ2n) is 8.88. The molecule has 1 fully saturated rings. The van der Waals surface area contributed by atoms with Gasteiger partial charge >= 0.3 is 0 Å². The highest BCUT2D eigenvalue weighted by Crippen LogP contribution is 2.23. The molecule has 1 amide bonds. The normalized spacial score (nSPS) is 15.4. The fourth-order valence-corrected chi connectivity index (χ4v) is 3.52. The van der Waals surface area contributed by atoms with Crippen LogP contribution in [0, 0.1) is 0 Å². The molecular formula is C22H29N7O2. The number of hydrogen-bond acceptors (Lipinski definition) is 7. The van der Waals surface area contributed by atoms with Gasteiger partial charge in [0, 0.05) is 44.0 Å². The zero-order valence-electron chi connectivity index (χ0n) is 18.6. The second kappa shape index (κ2) is 8.58. The SMILES string of the molecule is CCCN1CCN(C(=O)c2cn(-c3ccc(-c4nc(C(C)(C)C)no4)cn3)cn2)CC1. The van der Waals surface area contributed by atoms with Crippen molar-refractivity contribution in [3.05, 3.63) is 42.4 Å². The first-order valence-electron chi connectivity index (χ1n) is 10.7. The molecule has 0 unspecified atom stereocenters. The van der Waals surface area contributed by atoms with Gasteiger partial charge in [0.2, 0.25) is 0 Å². The van der Waals surface area contributed by atoms with Crippen molar-refractivity contribution in [2.75, 3.05) is 32.7 Å². The van der Waals surface area contributed by atoms with E-state index in [9.17, 15) is 4.79 Å². The molecule has 9 heteroatoms. The number of piperazine rings is 1. The summed E-state index contributed by atoms with van der Waals surface area (Å²) in [4.78, 5) is 30.3. The molecular weight excluding hydrogens is 394 g/mol. The van der Waals surface area contributed by atoms with Gasteiger partial charge < -0.3 is 9.42 Å². The highest BCUT2D eigenvalue weighted by Gasteiger charge is 2.24. The quantitative estimate of drug-likeness (QED) is 0.623. The molecule has 3 aromatic rings. The summed E-state index contributed by atoms with van der Waals surface area (Å²) in [7, 11) is 0. The van der Waals surface area contributed by atoms with Crippen LogP contribution in [0.3, 0.4) is 0 Å². The van der Waals surface area contributed by atoms with E-state index >= 15 is 0 Å². The van der Waals surface area contributed by atoms with E-state index in [0.29, 0.717) is 23.2 Å². The number of carbonyl (C=O) groups is 1. The fourth-order valence-electron chi connectivity index (χ4n) is 3.52. The van der Waals surface area contributed by atoms with Crippen LogP contribution < -0.4 is 0 Å². The number of hydrogen-bond donors (Lipinski definition) is 0. The molecule has 1 aliphatic heterocycles. The van der Waals surface area contributed by atoms with Gasteiger partial charge in [-0.3, -0.25) is 14.3 Å². The lowest BCUT2D eigenvalue weighted by molar-refractivity contribution is 0.0632. The minimum absolute atomic E-state index is 0.0351. The smallest absolute Gasteiger partial charge is 0.274 e. The highest BCUT2D eigenvalue weighted by molar-refractivity contribution is 5.92. The van der Waals surface area contributed by atoms with E-state index in [0.717, 1.165) is 44.7 Å². The Labute approximate surface area is 182 Å². The van der Waals surface area contributed by atoms with Crippen LogP contribution in [0.25, 0.3) is 17.3 Å². The molecule has 0 spiro atoms. The monoisotopic (exact) mass is 423 g/mol. The molecule has 0 bridgehead atoms. The van der Waals surface area contributed by atoms with Crippen LogP contribution in [0.4, 0.5) is 0 Å². The van der Waals surface area contributed by atoms with E-state index in [4.69, 9.17) is 4.52 Å². The molecule has 0 N–H and O–H groups in total. The highest BCUT2D eigenvalue weighted by atomic mass is 16.5. The number of imidazole rings is 1. The van der Waals surface area contributed by atoms with Crippen molar-refractivity contribution in [3.8, 4) is 17.3 Å². The maximum Gasteiger partial charge on any atom is 0.274 e. The van der Waals surface area contributed by atoms with Gasteiger partial charge in [0.25, 0.3) is 11.8 Å². The Morgan fingerprint density at radius 3 is 2.52 bits per heavy atom. The van der Waals surface area contributed by atoms with Crippen LogP contribution in [-0.2, 0) is 5.41 Å². The number of carbonyl (C=O) groups excluding carboxylic acids is 1.